The van der Waals surface area contributed by atoms with E-state index in [1.165, 1.54) is 6.92 Å². The summed E-state index contributed by atoms with van der Waals surface area (Å²) in [5, 5.41) is 15.6. The first-order valence-electron chi connectivity index (χ1n) is 8.72. The standard InChI is InChI=1S/C16H28N6O7/c1-6(2)12(15(27)20-7(3)16(28)29)22-14(26)9(5-11(19)24)21-13(25)8(17)4-10(18)23/h6-9,12H,4-5,17H2,1-3H3,(H2,18,23)(H2,19,24)(H,20,27)(H,21,25)(H,22,26)(H,28,29). The number of carboxylic acids is 1. The first kappa shape index (κ1) is 25.8. The van der Waals surface area contributed by atoms with E-state index in [9.17, 15) is 28.8 Å². The van der Waals surface area contributed by atoms with Gasteiger partial charge in [-0.15, -0.1) is 0 Å². The molecule has 0 aliphatic carbocycles. The monoisotopic (exact) mass is 416 g/mol. The largest absolute Gasteiger partial charge is 0.480 e. The van der Waals surface area contributed by atoms with Crippen LogP contribution in [0.25, 0.3) is 0 Å². The Kier molecular flexibility index (Phi) is 10.3. The summed E-state index contributed by atoms with van der Waals surface area (Å²) in [4.78, 5) is 69.9. The molecular formula is C16H28N6O7. The lowest BCUT2D eigenvalue weighted by molar-refractivity contribution is -0.142. The molecule has 4 unspecified atom stereocenters. The van der Waals surface area contributed by atoms with Crippen LogP contribution < -0.4 is 33.2 Å². The Labute approximate surface area is 167 Å². The Morgan fingerprint density at radius 2 is 1.31 bits per heavy atom. The SMILES string of the molecule is CC(NC(=O)C(NC(=O)C(CC(N)=O)NC(=O)C(N)CC(N)=O)C(C)C)C(=O)O. The third kappa shape index (κ3) is 9.51. The van der Waals surface area contributed by atoms with Crippen molar-refractivity contribution >= 4 is 35.5 Å². The second kappa shape index (κ2) is 11.6. The van der Waals surface area contributed by atoms with Crippen molar-refractivity contribution in [3.63, 3.8) is 0 Å². The number of hydrogen-bond acceptors (Lipinski definition) is 7. The van der Waals surface area contributed by atoms with Gasteiger partial charge in [-0.3, -0.25) is 28.8 Å². The fourth-order valence-corrected chi connectivity index (χ4v) is 2.15. The van der Waals surface area contributed by atoms with E-state index in [-0.39, 0.29) is 0 Å². The molecule has 4 atom stereocenters. The minimum atomic E-state index is -1.47. The van der Waals surface area contributed by atoms with Crippen molar-refractivity contribution in [1.29, 1.82) is 0 Å². The second-order valence-corrected chi connectivity index (χ2v) is 6.81. The molecule has 10 N–H and O–H groups in total. The molecule has 0 saturated carbocycles. The number of amides is 5. The number of rotatable bonds is 12. The molecular weight excluding hydrogens is 388 g/mol. The van der Waals surface area contributed by atoms with Crippen LogP contribution in [-0.2, 0) is 28.8 Å². The summed E-state index contributed by atoms with van der Waals surface area (Å²) in [6.45, 7) is 4.44. The fraction of sp³-hybridized carbons (Fsp3) is 0.625. The molecule has 0 radical (unpaired) electrons. The number of nitrogens with two attached hydrogens (primary N) is 3. The Bertz CT molecular complexity index is 666. The first-order chi connectivity index (χ1) is 13.3. The molecule has 0 fully saturated rings. The van der Waals surface area contributed by atoms with Gasteiger partial charge in [0.15, 0.2) is 0 Å². The molecule has 0 aliphatic heterocycles. The normalized spacial score (nSPS) is 14.8. The molecule has 5 amide bonds. The predicted molar refractivity (Wildman–Crippen MR) is 99.5 cm³/mol. The quantitative estimate of drug-likeness (QED) is 0.166. The molecule has 0 aromatic carbocycles. The van der Waals surface area contributed by atoms with Crippen LogP contribution in [0.4, 0.5) is 0 Å². The van der Waals surface area contributed by atoms with Crippen molar-refractivity contribution in [2.45, 2.75) is 57.8 Å². The Balaban J connectivity index is 5.32. The fourth-order valence-electron chi connectivity index (χ4n) is 2.15. The maximum Gasteiger partial charge on any atom is 0.325 e. The van der Waals surface area contributed by atoms with Gasteiger partial charge in [0.05, 0.1) is 18.9 Å². The molecule has 29 heavy (non-hydrogen) atoms. The average molecular weight is 416 g/mol. The van der Waals surface area contributed by atoms with Crippen molar-refractivity contribution in [3.05, 3.63) is 0 Å². The van der Waals surface area contributed by atoms with Gasteiger partial charge in [-0.2, -0.15) is 0 Å². The molecule has 0 aliphatic rings. The summed E-state index contributed by atoms with van der Waals surface area (Å²) in [5.41, 5.74) is 15.5. The molecule has 164 valence electrons. The molecule has 0 aromatic rings. The number of nitrogens with one attached hydrogen (secondary N) is 3. The molecule has 13 nitrogen and oxygen atoms in total. The summed E-state index contributed by atoms with van der Waals surface area (Å²) in [5.74, 6) is -6.09. The molecule has 0 bridgehead atoms. The highest BCUT2D eigenvalue weighted by molar-refractivity contribution is 5.96. The zero-order valence-corrected chi connectivity index (χ0v) is 16.4. The summed E-state index contributed by atoms with van der Waals surface area (Å²) < 4.78 is 0. The van der Waals surface area contributed by atoms with Crippen LogP contribution in [-0.4, -0.2) is 64.8 Å². The topological polar surface area (TPSA) is 237 Å². The van der Waals surface area contributed by atoms with Gasteiger partial charge in [0, 0.05) is 0 Å². The number of hydrogen-bond donors (Lipinski definition) is 7. The van der Waals surface area contributed by atoms with E-state index in [4.69, 9.17) is 22.3 Å². The number of carbonyl (C=O) groups is 6. The van der Waals surface area contributed by atoms with Gasteiger partial charge in [-0.25, -0.2) is 0 Å². The molecule has 0 saturated heterocycles. The highest BCUT2D eigenvalue weighted by Crippen LogP contribution is 2.05. The van der Waals surface area contributed by atoms with Crippen LogP contribution in [0.5, 0.6) is 0 Å². The number of carboxylic acid groups (broad SMARTS) is 1. The van der Waals surface area contributed by atoms with Crippen LogP contribution in [0, 0.1) is 5.92 Å². The van der Waals surface area contributed by atoms with Crippen LogP contribution in [0.1, 0.15) is 33.6 Å². The summed E-state index contributed by atoms with van der Waals surface area (Å²) in [6, 6.07) is -5.18. The van der Waals surface area contributed by atoms with Crippen molar-refractivity contribution < 1.29 is 33.9 Å². The molecule has 0 aromatic heterocycles. The van der Waals surface area contributed by atoms with Crippen LogP contribution in [0.3, 0.4) is 0 Å². The van der Waals surface area contributed by atoms with Gasteiger partial charge in [-0.05, 0) is 12.8 Å². The Morgan fingerprint density at radius 1 is 0.793 bits per heavy atom. The molecule has 0 spiro atoms. The zero-order chi connectivity index (χ0) is 22.9. The number of aliphatic carboxylic acids is 1. The number of carbonyl (C=O) groups excluding carboxylic acids is 5. The molecule has 0 rings (SSSR count). The maximum absolute atomic E-state index is 12.5. The van der Waals surface area contributed by atoms with E-state index in [0.717, 1.165) is 0 Å². The molecule has 13 heteroatoms. The minimum absolute atomic E-state index is 0.456. The highest BCUT2D eigenvalue weighted by Gasteiger charge is 2.31. The van der Waals surface area contributed by atoms with E-state index in [1.54, 1.807) is 13.8 Å². The summed E-state index contributed by atoms with van der Waals surface area (Å²) >= 11 is 0. The Hall–Kier alpha value is -3.22. The first-order valence-corrected chi connectivity index (χ1v) is 8.72. The van der Waals surface area contributed by atoms with E-state index >= 15 is 0 Å². The van der Waals surface area contributed by atoms with Gasteiger partial charge < -0.3 is 38.3 Å². The third-order valence-corrected chi connectivity index (χ3v) is 3.77. The van der Waals surface area contributed by atoms with Crippen molar-refractivity contribution in [3.8, 4) is 0 Å². The zero-order valence-electron chi connectivity index (χ0n) is 16.4. The van der Waals surface area contributed by atoms with E-state index < -0.39 is 78.4 Å². The smallest absolute Gasteiger partial charge is 0.325 e. The maximum atomic E-state index is 12.5. The minimum Gasteiger partial charge on any atom is -0.480 e. The molecule has 0 heterocycles. The van der Waals surface area contributed by atoms with Crippen LogP contribution in [0.15, 0.2) is 0 Å². The third-order valence-electron chi connectivity index (χ3n) is 3.77. The van der Waals surface area contributed by atoms with E-state index in [1.807, 2.05) is 0 Å². The van der Waals surface area contributed by atoms with Crippen molar-refractivity contribution in [2.24, 2.45) is 23.1 Å². The van der Waals surface area contributed by atoms with Gasteiger partial charge in [-0.1, -0.05) is 13.8 Å². The van der Waals surface area contributed by atoms with Crippen LogP contribution in [0.2, 0.25) is 0 Å². The van der Waals surface area contributed by atoms with E-state index in [2.05, 4.69) is 16.0 Å². The lowest BCUT2D eigenvalue weighted by atomic mass is 10.0. The van der Waals surface area contributed by atoms with Crippen molar-refractivity contribution in [1.82, 2.24) is 16.0 Å². The lowest BCUT2D eigenvalue weighted by Crippen LogP contribution is -2.58. The van der Waals surface area contributed by atoms with Gasteiger partial charge in [0.25, 0.3) is 0 Å². The second-order valence-electron chi connectivity index (χ2n) is 6.81. The van der Waals surface area contributed by atoms with E-state index in [0.29, 0.717) is 0 Å². The van der Waals surface area contributed by atoms with Gasteiger partial charge in [0.2, 0.25) is 29.5 Å². The van der Waals surface area contributed by atoms with Crippen molar-refractivity contribution in [2.75, 3.05) is 0 Å². The highest BCUT2D eigenvalue weighted by atomic mass is 16.4. The average Bonchev–Trinajstić information content (AvgIpc) is 2.56. The summed E-state index contributed by atoms with van der Waals surface area (Å²) in [6.07, 6.45) is -1.08. The Morgan fingerprint density at radius 3 is 1.72 bits per heavy atom. The number of primary amides is 2. The predicted octanol–water partition coefficient (Wildman–Crippen LogP) is -3.72. The lowest BCUT2D eigenvalue weighted by Gasteiger charge is -2.26. The summed E-state index contributed by atoms with van der Waals surface area (Å²) in [7, 11) is 0. The van der Waals surface area contributed by atoms with Gasteiger partial charge >= 0.3 is 5.97 Å². The van der Waals surface area contributed by atoms with Gasteiger partial charge in [0.1, 0.15) is 18.1 Å². The van der Waals surface area contributed by atoms with Crippen LogP contribution >= 0.6 is 0 Å².